The van der Waals surface area contributed by atoms with Crippen LogP contribution in [0, 0.1) is 0 Å². The second-order valence-corrected chi connectivity index (χ2v) is 5.12. The second kappa shape index (κ2) is 6.40. The molecule has 23 heavy (non-hydrogen) atoms. The Hall–Kier alpha value is -3.01. The zero-order chi connectivity index (χ0) is 16.2. The highest BCUT2D eigenvalue weighted by Crippen LogP contribution is 2.26. The summed E-state index contributed by atoms with van der Waals surface area (Å²) in [6, 6.07) is 20.2. The molecule has 0 aliphatic rings. The van der Waals surface area contributed by atoms with Crippen LogP contribution in [0.1, 0.15) is 11.7 Å². The molecule has 4 nitrogen and oxygen atoms in total. The third-order valence-electron chi connectivity index (χ3n) is 3.61. The molecule has 3 rings (SSSR count). The van der Waals surface area contributed by atoms with Crippen LogP contribution in [-0.4, -0.2) is 18.2 Å². The molecule has 116 valence electrons. The quantitative estimate of drug-likeness (QED) is 0.772. The summed E-state index contributed by atoms with van der Waals surface area (Å²) < 4.78 is 10.7. The molecule has 3 aromatic rings. The fraction of sp³-hybridized carbons (Fsp3) is 0.105. The van der Waals surface area contributed by atoms with Gasteiger partial charge >= 0.3 is 5.97 Å². The van der Waals surface area contributed by atoms with Gasteiger partial charge in [-0.2, -0.15) is 0 Å². The van der Waals surface area contributed by atoms with Crippen LogP contribution in [0.2, 0.25) is 0 Å². The van der Waals surface area contributed by atoms with Crippen LogP contribution in [0.5, 0.6) is 11.5 Å². The first-order chi connectivity index (χ1) is 11.2. The second-order valence-electron chi connectivity index (χ2n) is 5.12. The van der Waals surface area contributed by atoms with Crippen LogP contribution < -0.4 is 9.47 Å². The lowest BCUT2D eigenvalue weighted by molar-refractivity contribution is -0.145. The highest BCUT2D eigenvalue weighted by molar-refractivity contribution is 5.85. The number of benzene rings is 3. The minimum Gasteiger partial charge on any atom is -0.497 e. The summed E-state index contributed by atoms with van der Waals surface area (Å²) in [4.78, 5) is 11.6. The monoisotopic (exact) mass is 308 g/mol. The van der Waals surface area contributed by atoms with Gasteiger partial charge in [-0.15, -0.1) is 0 Å². The molecule has 0 saturated heterocycles. The molecule has 0 aliphatic carbocycles. The standard InChI is InChI=1S/C19H16O4/c1-22-16-8-10-17(11-9-16)23-18(19(20)21)15-7-6-13-4-2-3-5-14(13)12-15/h2-12,18H,1H3,(H,20,21). The minimum atomic E-state index is -1.06. The van der Waals surface area contributed by atoms with Gasteiger partial charge in [-0.25, -0.2) is 4.79 Å². The van der Waals surface area contributed by atoms with E-state index in [1.165, 1.54) is 0 Å². The highest BCUT2D eigenvalue weighted by atomic mass is 16.5. The van der Waals surface area contributed by atoms with Crippen molar-refractivity contribution in [3.63, 3.8) is 0 Å². The van der Waals surface area contributed by atoms with Gasteiger partial charge in [0.05, 0.1) is 7.11 Å². The van der Waals surface area contributed by atoms with E-state index in [0.717, 1.165) is 10.8 Å². The van der Waals surface area contributed by atoms with Crippen molar-refractivity contribution < 1.29 is 19.4 Å². The number of aliphatic carboxylic acids is 1. The first kappa shape index (κ1) is 14.9. The van der Waals surface area contributed by atoms with Gasteiger partial charge in [0.1, 0.15) is 11.5 Å². The molecule has 0 radical (unpaired) electrons. The Kier molecular flexibility index (Phi) is 4.15. The number of carbonyl (C=O) groups is 1. The summed E-state index contributed by atoms with van der Waals surface area (Å²) in [6.07, 6.45) is -1.06. The molecular weight excluding hydrogens is 292 g/mol. The molecule has 1 unspecified atom stereocenters. The van der Waals surface area contributed by atoms with Gasteiger partial charge in [-0.1, -0.05) is 36.4 Å². The molecule has 0 heterocycles. The van der Waals surface area contributed by atoms with Gasteiger partial charge in [-0.05, 0) is 41.1 Å². The number of fused-ring (bicyclic) bond motifs is 1. The number of ether oxygens (including phenoxy) is 2. The predicted octanol–water partition coefficient (Wildman–Crippen LogP) is 4.05. The Labute approximate surface area is 133 Å². The van der Waals surface area contributed by atoms with Crippen LogP contribution in [0.15, 0.2) is 66.7 Å². The number of hydrogen-bond acceptors (Lipinski definition) is 3. The lowest BCUT2D eigenvalue weighted by Gasteiger charge is -2.16. The summed E-state index contributed by atoms with van der Waals surface area (Å²) in [5.41, 5.74) is 0.604. The van der Waals surface area contributed by atoms with Gasteiger partial charge < -0.3 is 14.6 Å². The van der Waals surface area contributed by atoms with Gasteiger partial charge in [0, 0.05) is 5.56 Å². The lowest BCUT2D eigenvalue weighted by atomic mass is 10.0. The lowest BCUT2D eigenvalue weighted by Crippen LogP contribution is -2.18. The summed E-state index contributed by atoms with van der Waals surface area (Å²) in [6.45, 7) is 0. The van der Waals surface area contributed by atoms with Crippen LogP contribution in [0.4, 0.5) is 0 Å². The third-order valence-corrected chi connectivity index (χ3v) is 3.61. The van der Waals surface area contributed by atoms with Gasteiger partial charge in [0.2, 0.25) is 6.10 Å². The van der Waals surface area contributed by atoms with Gasteiger partial charge in [0.15, 0.2) is 0 Å². The van der Waals surface area contributed by atoms with Crippen LogP contribution >= 0.6 is 0 Å². The maximum Gasteiger partial charge on any atom is 0.349 e. The van der Waals surface area contributed by atoms with Crippen LogP contribution in [0.25, 0.3) is 10.8 Å². The third kappa shape index (κ3) is 3.26. The Morgan fingerprint density at radius 2 is 1.57 bits per heavy atom. The Bertz CT molecular complexity index is 824. The van der Waals surface area contributed by atoms with Crippen molar-refractivity contribution in [1.82, 2.24) is 0 Å². The van der Waals surface area contributed by atoms with Crippen molar-refractivity contribution in [3.8, 4) is 11.5 Å². The van der Waals surface area contributed by atoms with E-state index in [-0.39, 0.29) is 0 Å². The normalized spacial score (nSPS) is 11.9. The number of carboxylic acids is 1. The van der Waals surface area contributed by atoms with Crippen molar-refractivity contribution >= 4 is 16.7 Å². The number of methoxy groups -OCH3 is 1. The van der Waals surface area contributed by atoms with Gasteiger partial charge in [0.25, 0.3) is 0 Å². The Balaban J connectivity index is 1.91. The average Bonchev–Trinajstić information content (AvgIpc) is 2.59. The zero-order valence-electron chi connectivity index (χ0n) is 12.6. The largest absolute Gasteiger partial charge is 0.497 e. The Morgan fingerprint density at radius 1 is 0.913 bits per heavy atom. The fourth-order valence-electron chi connectivity index (χ4n) is 2.42. The van der Waals surface area contributed by atoms with E-state index in [1.807, 2.05) is 36.4 Å². The van der Waals surface area contributed by atoms with E-state index in [4.69, 9.17) is 9.47 Å². The van der Waals surface area contributed by atoms with E-state index >= 15 is 0 Å². The first-order valence-corrected chi connectivity index (χ1v) is 7.19. The smallest absolute Gasteiger partial charge is 0.349 e. The van der Waals surface area contributed by atoms with E-state index in [9.17, 15) is 9.90 Å². The summed E-state index contributed by atoms with van der Waals surface area (Å²) in [7, 11) is 1.57. The maximum atomic E-state index is 11.6. The molecule has 4 heteroatoms. The van der Waals surface area contributed by atoms with Gasteiger partial charge in [-0.3, -0.25) is 0 Å². The molecule has 0 bridgehead atoms. The molecular formula is C19H16O4. The molecule has 1 atom stereocenters. The van der Waals surface area contributed by atoms with Crippen LogP contribution in [0.3, 0.4) is 0 Å². The number of rotatable bonds is 5. The molecule has 0 aliphatic heterocycles. The van der Waals surface area contributed by atoms with E-state index in [2.05, 4.69) is 0 Å². The molecule has 0 aromatic heterocycles. The molecule has 3 aromatic carbocycles. The average molecular weight is 308 g/mol. The SMILES string of the molecule is COc1ccc(OC(C(=O)O)c2ccc3ccccc3c2)cc1. The summed E-state index contributed by atoms with van der Waals surface area (Å²) >= 11 is 0. The predicted molar refractivity (Wildman–Crippen MR) is 87.9 cm³/mol. The fourth-order valence-corrected chi connectivity index (χ4v) is 2.42. The zero-order valence-corrected chi connectivity index (χ0v) is 12.6. The first-order valence-electron chi connectivity index (χ1n) is 7.19. The van der Waals surface area contributed by atoms with Crippen molar-refractivity contribution in [1.29, 1.82) is 0 Å². The minimum absolute atomic E-state index is 0.478. The molecule has 0 spiro atoms. The topological polar surface area (TPSA) is 55.8 Å². The Morgan fingerprint density at radius 3 is 2.22 bits per heavy atom. The number of carboxylic acid groups (broad SMARTS) is 1. The van der Waals surface area contributed by atoms with E-state index in [0.29, 0.717) is 17.1 Å². The highest BCUT2D eigenvalue weighted by Gasteiger charge is 2.22. The van der Waals surface area contributed by atoms with E-state index in [1.54, 1.807) is 37.4 Å². The molecule has 0 amide bonds. The van der Waals surface area contributed by atoms with Crippen LogP contribution in [-0.2, 0) is 4.79 Å². The molecule has 1 N–H and O–H groups in total. The maximum absolute atomic E-state index is 11.6. The van der Waals surface area contributed by atoms with Crippen molar-refractivity contribution in [3.05, 3.63) is 72.3 Å². The van der Waals surface area contributed by atoms with Crippen molar-refractivity contribution in [2.24, 2.45) is 0 Å². The molecule has 0 saturated carbocycles. The summed E-state index contributed by atoms with van der Waals surface area (Å²) in [5, 5.41) is 11.6. The van der Waals surface area contributed by atoms with Crippen molar-refractivity contribution in [2.75, 3.05) is 7.11 Å². The summed E-state index contributed by atoms with van der Waals surface area (Å²) in [5.74, 6) is 0.136. The number of hydrogen-bond donors (Lipinski definition) is 1. The van der Waals surface area contributed by atoms with E-state index < -0.39 is 12.1 Å². The van der Waals surface area contributed by atoms with Crippen molar-refractivity contribution in [2.45, 2.75) is 6.10 Å². The molecule has 0 fully saturated rings.